The topological polar surface area (TPSA) is 164 Å². The second kappa shape index (κ2) is 16.2. The van der Waals surface area contributed by atoms with Crippen molar-refractivity contribution in [2.45, 2.75) is 162 Å². The number of ether oxygens (including phenoxy) is 5. The van der Waals surface area contributed by atoms with Gasteiger partial charge in [0.2, 0.25) is 0 Å². The van der Waals surface area contributed by atoms with E-state index in [0.717, 1.165) is 0 Å². The third-order valence-electron chi connectivity index (χ3n) is 11.1. The van der Waals surface area contributed by atoms with E-state index < -0.39 is 96.5 Å². The number of esters is 1. The number of ketones is 1. The molecule has 0 aromatic carbocycles. The van der Waals surface area contributed by atoms with Crippen LogP contribution in [0.3, 0.4) is 0 Å². The Morgan fingerprint density at radius 1 is 0.787 bits per heavy atom. The molecule has 3 fully saturated rings. The lowest BCUT2D eigenvalue weighted by Crippen LogP contribution is -2.58. The van der Waals surface area contributed by atoms with Crippen LogP contribution in [0.2, 0.25) is 0 Å². The molecule has 3 heterocycles. The van der Waals surface area contributed by atoms with Crippen LogP contribution >= 0.6 is 0 Å². The van der Waals surface area contributed by atoms with E-state index >= 15 is 0 Å². The van der Waals surface area contributed by atoms with Crippen LogP contribution in [0.15, 0.2) is 0 Å². The minimum atomic E-state index is -1.50. The summed E-state index contributed by atoms with van der Waals surface area (Å²) in [4.78, 5) is 29.3. The van der Waals surface area contributed by atoms with E-state index in [1.807, 2.05) is 46.7 Å². The van der Waals surface area contributed by atoms with E-state index in [0.29, 0.717) is 12.8 Å². The lowest BCUT2D eigenvalue weighted by Gasteiger charge is -2.46. The molecule has 0 amide bonds. The molecule has 0 aromatic rings. The summed E-state index contributed by atoms with van der Waals surface area (Å²) in [5, 5.41) is 44.1. The second-order valence-corrected chi connectivity index (χ2v) is 15.5. The zero-order valence-electron chi connectivity index (χ0n) is 30.5. The van der Waals surface area contributed by atoms with Crippen LogP contribution < -0.4 is 0 Å². The molecule has 12 heteroatoms. The van der Waals surface area contributed by atoms with Gasteiger partial charge in [-0.05, 0) is 67.5 Å². The molecule has 0 radical (unpaired) electrons. The molecular weight excluding hydrogens is 610 g/mol. The number of cyclic esters (lactones) is 1. The van der Waals surface area contributed by atoms with Gasteiger partial charge in [-0.3, -0.25) is 9.59 Å². The maximum absolute atomic E-state index is 13.8. The van der Waals surface area contributed by atoms with E-state index in [1.165, 1.54) is 6.92 Å². The fourth-order valence-electron chi connectivity index (χ4n) is 7.74. The van der Waals surface area contributed by atoms with Gasteiger partial charge in [-0.2, -0.15) is 0 Å². The molecule has 0 saturated carbocycles. The normalized spacial score (nSPS) is 49.8. The average Bonchev–Trinajstić information content (AvgIpc) is 2.99. The summed E-state index contributed by atoms with van der Waals surface area (Å²) in [7, 11) is 3.79. The van der Waals surface area contributed by atoms with Crippen molar-refractivity contribution in [3.05, 3.63) is 0 Å². The van der Waals surface area contributed by atoms with Crippen LogP contribution in [0, 0.1) is 35.5 Å². The Labute approximate surface area is 281 Å². The van der Waals surface area contributed by atoms with Gasteiger partial charge in [0.15, 0.2) is 12.6 Å². The second-order valence-electron chi connectivity index (χ2n) is 15.5. The predicted molar refractivity (Wildman–Crippen MR) is 174 cm³/mol. The number of rotatable bonds is 5. The zero-order valence-corrected chi connectivity index (χ0v) is 30.5. The van der Waals surface area contributed by atoms with E-state index in [1.54, 1.807) is 34.6 Å². The summed E-state index contributed by atoms with van der Waals surface area (Å²) in [6.07, 6.45) is -7.28. The first-order chi connectivity index (χ1) is 21.7. The van der Waals surface area contributed by atoms with Crippen LogP contribution in [0.4, 0.5) is 0 Å². The molecule has 12 nitrogen and oxygen atoms in total. The molecule has 0 bridgehead atoms. The van der Waals surface area contributed by atoms with Crippen molar-refractivity contribution in [1.82, 2.24) is 4.90 Å². The van der Waals surface area contributed by atoms with Gasteiger partial charge in [0, 0.05) is 36.1 Å². The molecular formula is C35H63NO11. The van der Waals surface area contributed by atoms with E-state index in [4.69, 9.17) is 23.7 Å². The van der Waals surface area contributed by atoms with Gasteiger partial charge in [-0.15, -0.1) is 0 Å². The van der Waals surface area contributed by atoms with Crippen LogP contribution in [0.5, 0.6) is 0 Å². The molecule has 3 aliphatic rings. The number of nitrogens with zero attached hydrogens (tertiary/aromatic N) is 1. The van der Waals surface area contributed by atoms with Gasteiger partial charge < -0.3 is 49.0 Å². The summed E-state index contributed by atoms with van der Waals surface area (Å²) in [5.74, 6) is -3.95. The Bertz CT molecular complexity index is 1040. The van der Waals surface area contributed by atoms with Gasteiger partial charge in [0.1, 0.15) is 24.1 Å². The highest BCUT2D eigenvalue weighted by atomic mass is 16.7. The van der Waals surface area contributed by atoms with Gasteiger partial charge in [0.05, 0.1) is 42.0 Å². The zero-order chi connectivity index (χ0) is 35.7. The lowest BCUT2D eigenvalue weighted by atomic mass is 9.77. The van der Waals surface area contributed by atoms with Crippen molar-refractivity contribution >= 4 is 11.8 Å². The number of hydrogen-bond acceptors (Lipinski definition) is 12. The van der Waals surface area contributed by atoms with E-state index in [9.17, 15) is 30.0 Å². The van der Waals surface area contributed by atoms with Crippen molar-refractivity contribution in [2.75, 3.05) is 14.1 Å². The standard InChI is InChI=1S/C35H63NO11/c1-16-13-17(2)30(47-34-29(39)25(36(11)12)14-18(3)43-34)21(6)31(46-26-15-35(10,42)32(40)24(9)44-26)22(7)33(41)45-23(8)19(4)28(38)20(5)27(16)37/h16-26,28-32,34,38-40,42H,13-15H2,1-12H3/t16-,17+,18-,19+,20+,21-,22-,23-,24+,25+,26+,28+,29-,30?,31+,32+,34+,35-/m1/s1. The van der Waals surface area contributed by atoms with Crippen molar-refractivity contribution in [1.29, 1.82) is 0 Å². The van der Waals surface area contributed by atoms with E-state index in [-0.39, 0.29) is 30.3 Å². The highest BCUT2D eigenvalue weighted by molar-refractivity contribution is 5.83. The van der Waals surface area contributed by atoms with Gasteiger partial charge >= 0.3 is 5.97 Å². The number of aliphatic hydroxyl groups excluding tert-OH is 3. The van der Waals surface area contributed by atoms with Crippen LogP contribution in [0.25, 0.3) is 0 Å². The van der Waals surface area contributed by atoms with Crippen LogP contribution in [-0.2, 0) is 33.3 Å². The molecule has 0 aliphatic carbocycles. The highest BCUT2D eigenvalue weighted by Crippen LogP contribution is 2.38. The summed E-state index contributed by atoms with van der Waals surface area (Å²) in [6, 6.07) is -0.217. The van der Waals surface area contributed by atoms with Crippen LogP contribution in [0.1, 0.15) is 88.5 Å². The molecule has 3 rings (SSSR count). The maximum Gasteiger partial charge on any atom is 0.311 e. The SMILES string of the molecule is C[C@@H]1[C@H](O)[C@@H](C)C(=O)[C@H](C)C[C@H](C)C(O[C@@H]2O[C@H](C)C[C@H](N(C)C)[C@H]2O)[C@@H](C)[C@H](O[C@H]2C[C@@](C)(O)[C@@H](O)[C@H](C)O2)[C@@H](C)C(=O)O[C@@H]1C. The Kier molecular flexibility index (Phi) is 13.9. The summed E-state index contributed by atoms with van der Waals surface area (Å²) in [6.45, 7) is 17.7. The van der Waals surface area contributed by atoms with E-state index in [2.05, 4.69) is 0 Å². The van der Waals surface area contributed by atoms with Gasteiger partial charge in [0.25, 0.3) is 0 Å². The largest absolute Gasteiger partial charge is 0.462 e. The molecule has 0 spiro atoms. The Balaban J connectivity index is 2.07. The number of aliphatic hydroxyl groups is 4. The van der Waals surface area contributed by atoms with Gasteiger partial charge in [-0.25, -0.2) is 0 Å². The molecule has 0 aromatic heterocycles. The summed E-state index contributed by atoms with van der Waals surface area (Å²) < 4.78 is 31.3. The first-order valence-corrected chi connectivity index (χ1v) is 17.5. The molecule has 1 unspecified atom stereocenters. The number of hydrogen-bond donors (Lipinski definition) is 4. The Morgan fingerprint density at radius 2 is 1.40 bits per heavy atom. The minimum Gasteiger partial charge on any atom is -0.462 e. The molecule has 3 saturated heterocycles. The fourth-order valence-corrected chi connectivity index (χ4v) is 7.74. The van der Waals surface area contributed by atoms with Crippen molar-refractivity contribution in [3.8, 4) is 0 Å². The van der Waals surface area contributed by atoms with Gasteiger partial charge in [-0.1, -0.05) is 34.6 Å². The molecule has 4 N–H and O–H groups in total. The van der Waals surface area contributed by atoms with Crippen molar-refractivity contribution < 1.29 is 53.7 Å². The molecule has 47 heavy (non-hydrogen) atoms. The smallest absolute Gasteiger partial charge is 0.311 e. The van der Waals surface area contributed by atoms with Crippen LogP contribution in [-0.4, -0.2) is 124 Å². The molecule has 274 valence electrons. The summed E-state index contributed by atoms with van der Waals surface area (Å²) in [5.41, 5.74) is -1.50. The molecule has 3 aliphatic heterocycles. The number of Topliss-reactive ketones (excluding diaryl/α,β-unsaturated/α-hetero) is 1. The summed E-state index contributed by atoms with van der Waals surface area (Å²) >= 11 is 0. The molecule has 18 atom stereocenters. The number of carbonyl (C=O) groups is 2. The first-order valence-electron chi connectivity index (χ1n) is 17.5. The Hall–Kier alpha value is -1.22. The average molecular weight is 674 g/mol. The minimum absolute atomic E-state index is 0.0416. The first kappa shape index (κ1) is 40.2. The van der Waals surface area contributed by atoms with Crippen molar-refractivity contribution in [2.24, 2.45) is 35.5 Å². The Morgan fingerprint density at radius 3 is 1.98 bits per heavy atom. The highest BCUT2D eigenvalue weighted by Gasteiger charge is 2.49. The maximum atomic E-state index is 13.8. The third-order valence-corrected chi connectivity index (χ3v) is 11.1. The lowest BCUT2D eigenvalue weighted by molar-refractivity contribution is -0.306. The van der Waals surface area contributed by atoms with Crippen molar-refractivity contribution in [3.63, 3.8) is 0 Å². The third kappa shape index (κ3) is 9.32. The predicted octanol–water partition coefficient (Wildman–Crippen LogP) is 2.51. The quantitative estimate of drug-likeness (QED) is 0.316. The monoisotopic (exact) mass is 673 g/mol. The number of likely N-dealkylation sites (N-methyl/N-ethyl adjacent to an activating group) is 1. The fraction of sp³-hybridized carbons (Fsp3) is 0.943. The number of carbonyl (C=O) groups excluding carboxylic acids is 2.